The number of allylic oxidation sites excluding steroid dienone is 2. The number of rotatable bonds is 4. The molecule has 7 nitrogen and oxygen atoms in total. The van der Waals surface area contributed by atoms with Gasteiger partial charge in [-0.2, -0.15) is 0 Å². The summed E-state index contributed by atoms with van der Waals surface area (Å²) in [6.07, 6.45) is 3.81. The van der Waals surface area contributed by atoms with Crippen LogP contribution in [-0.2, 0) is 24.6 Å². The lowest BCUT2D eigenvalue weighted by Gasteiger charge is -2.23. The van der Waals surface area contributed by atoms with Crippen molar-refractivity contribution in [3.05, 3.63) is 52.3 Å². The fourth-order valence-corrected chi connectivity index (χ4v) is 4.31. The van der Waals surface area contributed by atoms with Crippen molar-refractivity contribution in [3.63, 3.8) is 0 Å². The summed E-state index contributed by atoms with van der Waals surface area (Å²) in [5.41, 5.74) is 4.28. The highest BCUT2D eigenvalue weighted by Gasteiger charge is 2.63. The van der Waals surface area contributed by atoms with Crippen LogP contribution in [0.1, 0.15) is 24.8 Å². The summed E-state index contributed by atoms with van der Waals surface area (Å²) in [5, 5.41) is 0.302. The van der Waals surface area contributed by atoms with Crippen molar-refractivity contribution in [2.45, 2.75) is 24.7 Å². The Morgan fingerprint density at radius 2 is 1.83 bits per heavy atom. The van der Waals surface area contributed by atoms with Gasteiger partial charge in [0.15, 0.2) is 5.41 Å². The molecule has 0 bridgehead atoms. The first-order valence-electron chi connectivity index (χ1n) is 9.06. The number of halogens is 2. The molecule has 1 aromatic carbocycles. The predicted octanol–water partition coefficient (Wildman–Crippen LogP) is 1.74. The molecule has 1 atom stereocenters. The first-order chi connectivity index (χ1) is 13.8. The SMILES string of the molecule is NC(=O)CN1C(=O)C2(CC(=O)N(CC3=CCCC=C3F)C2=O)c2ccc(Cl)cc21. The maximum Gasteiger partial charge on any atom is 0.250 e. The van der Waals surface area contributed by atoms with E-state index in [2.05, 4.69) is 0 Å². The van der Waals surface area contributed by atoms with E-state index < -0.39 is 47.8 Å². The standard InChI is InChI=1S/C20H17ClFN3O4/c21-12-5-6-13-15(7-12)24(10-16(23)26)18(28)20(13)8-17(27)25(19(20)29)9-11-3-1-2-4-14(11)22/h3-7H,1-2,8-10H2,(H2,23,26). The van der Waals surface area contributed by atoms with E-state index in [9.17, 15) is 23.6 Å². The normalized spacial score (nSPS) is 23.6. The van der Waals surface area contributed by atoms with Crippen LogP contribution in [0.25, 0.3) is 0 Å². The highest BCUT2D eigenvalue weighted by Crippen LogP contribution is 2.49. The Kier molecular flexibility index (Phi) is 4.53. The number of benzene rings is 1. The van der Waals surface area contributed by atoms with Gasteiger partial charge in [0.25, 0.3) is 0 Å². The molecule has 0 radical (unpaired) electrons. The van der Waals surface area contributed by atoms with Crippen molar-refractivity contribution in [2.24, 2.45) is 5.73 Å². The zero-order chi connectivity index (χ0) is 20.9. The minimum Gasteiger partial charge on any atom is -0.368 e. The molecule has 2 aliphatic heterocycles. The maximum absolute atomic E-state index is 14.1. The molecule has 1 unspecified atom stereocenters. The number of nitrogens with zero attached hydrogens (tertiary/aromatic N) is 2. The van der Waals surface area contributed by atoms with Crippen LogP contribution in [0, 0.1) is 0 Å². The second-order valence-electron chi connectivity index (χ2n) is 7.24. The smallest absolute Gasteiger partial charge is 0.250 e. The van der Waals surface area contributed by atoms with Crippen LogP contribution >= 0.6 is 11.6 Å². The van der Waals surface area contributed by atoms with Gasteiger partial charge in [-0.15, -0.1) is 0 Å². The number of carbonyl (C=O) groups excluding carboxylic acids is 4. The lowest BCUT2D eigenvalue weighted by atomic mass is 9.80. The number of amides is 4. The number of imide groups is 1. The molecule has 1 fully saturated rings. The van der Waals surface area contributed by atoms with Gasteiger partial charge in [0.2, 0.25) is 23.6 Å². The molecule has 1 saturated heterocycles. The third-order valence-electron chi connectivity index (χ3n) is 5.48. The van der Waals surface area contributed by atoms with Crippen molar-refractivity contribution in [3.8, 4) is 0 Å². The van der Waals surface area contributed by atoms with Gasteiger partial charge >= 0.3 is 0 Å². The quantitative estimate of drug-likeness (QED) is 0.595. The molecule has 4 amide bonds. The Morgan fingerprint density at radius 1 is 1.14 bits per heavy atom. The van der Waals surface area contributed by atoms with Crippen molar-refractivity contribution < 1.29 is 23.6 Å². The van der Waals surface area contributed by atoms with E-state index in [1.54, 1.807) is 6.08 Å². The molecule has 2 N–H and O–H groups in total. The number of fused-ring (bicyclic) bond motifs is 2. The number of hydrogen-bond donors (Lipinski definition) is 1. The summed E-state index contributed by atoms with van der Waals surface area (Å²) in [6.45, 7) is -0.689. The topological polar surface area (TPSA) is 101 Å². The summed E-state index contributed by atoms with van der Waals surface area (Å²) < 4.78 is 14.1. The molecular formula is C20H17ClFN3O4. The van der Waals surface area contributed by atoms with Crippen LogP contribution in [-0.4, -0.2) is 41.6 Å². The number of primary amides is 1. The zero-order valence-corrected chi connectivity index (χ0v) is 16.0. The van der Waals surface area contributed by atoms with E-state index in [1.807, 2.05) is 0 Å². The summed E-state index contributed by atoms with van der Waals surface area (Å²) in [5.74, 6) is -3.26. The van der Waals surface area contributed by atoms with E-state index >= 15 is 0 Å². The van der Waals surface area contributed by atoms with Gasteiger partial charge in [-0.1, -0.05) is 23.7 Å². The lowest BCUT2D eigenvalue weighted by molar-refractivity contribution is -0.141. The lowest BCUT2D eigenvalue weighted by Crippen LogP contribution is -2.48. The second-order valence-corrected chi connectivity index (χ2v) is 7.68. The fourth-order valence-electron chi connectivity index (χ4n) is 4.14. The van der Waals surface area contributed by atoms with Gasteiger partial charge in [0.1, 0.15) is 12.4 Å². The van der Waals surface area contributed by atoms with Gasteiger partial charge in [-0.25, -0.2) is 4.39 Å². The van der Waals surface area contributed by atoms with Crippen molar-refractivity contribution in [1.29, 1.82) is 0 Å². The van der Waals surface area contributed by atoms with E-state index in [-0.39, 0.29) is 17.8 Å². The Morgan fingerprint density at radius 3 is 2.52 bits per heavy atom. The molecule has 29 heavy (non-hydrogen) atoms. The van der Waals surface area contributed by atoms with Gasteiger partial charge in [-0.05, 0) is 31.1 Å². The molecule has 3 aliphatic rings. The summed E-state index contributed by atoms with van der Waals surface area (Å²) in [4.78, 5) is 52.8. The Bertz CT molecular complexity index is 1030. The number of nitrogens with two attached hydrogens (primary N) is 1. The third kappa shape index (κ3) is 2.86. The van der Waals surface area contributed by atoms with Crippen molar-refractivity contribution in [1.82, 2.24) is 4.90 Å². The largest absolute Gasteiger partial charge is 0.368 e. The fraction of sp³-hybridized carbons (Fsp3) is 0.300. The second kappa shape index (κ2) is 6.81. The number of hydrogen-bond acceptors (Lipinski definition) is 4. The van der Waals surface area contributed by atoms with E-state index in [4.69, 9.17) is 17.3 Å². The van der Waals surface area contributed by atoms with Gasteiger partial charge in [-0.3, -0.25) is 24.1 Å². The number of likely N-dealkylation sites (tertiary alicyclic amines) is 1. The summed E-state index contributed by atoms with van der Waals surface area (Å²) in [7, 11) is 0. The van der Waals surface area contributed by atoms with E-state index in [0.717, 1.165) is 9.80 Å². The van der Waals surface area contributed by atoms with Crippen LogP contribution in [0.4, 0.5) is 10.1 Å². The molecule has 0 aromatic heterocycles. The zero-order valence-electron chi connectivity index (χ0n) is 15.3. The van der Waals surface area contributed by atoms with Crippen LogP contribution < -0.4 is 10.6 Å². The van der Waals surface area contributed by atoms with Crippen molar-refractivity contribution in [2.75, 3.05) is 18.0 Å². The Balaban J connectivity index is 1.76. The predicted molar refractivity (Wildman–Crippen MR) is 103 cm³/mol. The van der Waals surface area contributed by atoms with E-state index in [0.29, 0.717) is 23.4 Å². The monoisotopic (exact) mass is 417 g/mol. The molecule has 1 spiro atoms. The molecule has 0 saturated carbocycles. The molecule has 1 aliphatic carbocycles. The van der Waals surface area contributed by atoms with Gasteiger partial charge in [0, 0.05) is 16.2 Å². The molecular weight excluding hydrogens is 401 g/mol. The maximum atomic E-state index is 14.1. The van der Waals surface area contributed by atoms with Crippen LogP contribution in [0.3, 0.4) is 0 Å². The van der Waals surface area contributed by atoms with Crippen LogP contribution in [0.15, 0.2) is 41.8 Å². The van der Waals surface area contributed by atoms with Gasteiger partial charge < -0.3 is 10.6 Å². The molecule has 9 heteroatoms. The summed E-state index contributed by atoms with van der Waals surface area (Å²) >= 11 is 6.03. The minimum absolute atomic E-state index is 0.241. The Labute approximate surface area is 170 Å². The van der Waals surface area contributed by atoms with E-state index in [1.165, 1.54) is 24.3 Å². The number of carbonyl (C=O) groups is 4. The third-order valence-corrected chi connectivity index (χ3v) is 5.71. The van der Waals surface area contributed by atoms with Crippen molar-refractivity contribution >= 4 is 40.9 Å². The summed E-state index contributed by atoms with van der Waals surface area (Å²) in [6, 6.07) is 4.47. The average Bonchev–Trinajstić information content (AvgIpc) is 3.04. The average molecular weight is 418 g/mol. The first-order valence-corrected chi connectivity index (χ1v) is 9.43. The molecule has 150 valence electrons. The highest BCUT2D eigenvalue weighted by atomic mass is 35.5. The minimum atomic E-state index is -1.79. The molecule has 4 rings (SSSR count). The highest BCUT2D eigenvalue weighted by molar-refractivity contribution is 6.33. The molecule has 2 heterocycles. The van der Waals surface area contributed by atoms with Crippen LogP contribution in [0.2, 0.25) is 5.02 Å². The first kappa shape index (κ1) is 19.3. The number of anilines is 1. The molecule has 1 aromatic rings. The Hall–Kier alpha value is -3.00. The van der Waals surface area contributed by atoms with Crippen LogP contribution in [0.5, 0.6) is 0 Å². The van der Waals surface area contributed by atoms with Gasteiger partial charge in [0.05, 0.1) is 18.7 Å².